The molecule has 2 rings (SSSR count). The Morgan fingerprint density at radius 2 is 2.11 bits per heavy atom. The molecule has 1 aromatic rings. The van der Waals surface area contributed by atoms with Crippen molar-refractivity contribution >= 4 is 0 Å². The molecule has 1 saturated carbocycles. The predicted molar refractivity (Wildman–Crippen MR) is 78.7 cm³/mol. The Bertz CT molecular complexity index is 412. The molecule has 1 N–H and O–H groups in total. The van der Waals surface area contributed by atoms with Gasteiger partial charge in [-0.1, -0.05) is 26.3 Å². The third-order valence-corrected chi connectivity index (χ3v) is 4.24. The molecule has 19 heavy (non-hydrogen) atoms. The number of hydrogen-bond acceptors (Lipinski definition) is 2. The lowest BCUT2D eigenvalue weighted by atomic mass is 9.98. The van der Waals surface area contributed by atoms with Crippen LogP contribution in [0.1, 0.15) is 56.6 Å². The molecular formula is C17H26O2. The van der Waals surface area contributed by atoms with Crippen LogP contribution in [0.2, 0.25) is 0 Å². The molecule has 2 atom stereocenters. The first-order valence-corrected chi connectivity index (χ1v) is 7.49. The Morgan fingerprint density at radius 3 is 2.68 bits per heavy atom. The van der Waals surface area contributed by atoms with E-state index in [4.69, 9.17) is 4.74 Å². The molecule has 0 spiro atoms. The van der Waals surface area contributed by atoms with E-state index >= 15 is 0 Å². The standard InChI is InChI=1S/C17H26O2/c1-12(2)16-8-7-15(11-13(16)3)19-10-9-14-5-4-6-17(14)18/h7-8,11-12,14,17-18H,4-6,9-10H2,1-3H3. The largest absolute Gasteiger partial charge is 0.494 e. The summed E-state index contributed by atoms with van der Waals surface area (Å²) in [7, 11) is 0. The zero-order valence-electron chi connectivity index (χ0n) is 12.4. The van der Waals surface area contributed by atoms with Crippen LogP contribution >= 0.6 is 0 Å². The Kier molecular flexibility index (Phi) is 4.87. The van der Waals surface area contributed by atoms with Gasteiger partial charge in [-0.2, -0.15) is 0 Å². The average Bonchev–Trinajstić information content (AvgIpc) is 2.75. The molecule has 0 heterocycles. The molecule has 1 fully saturated rings. The van der Waals surface area contributed by atoms with Gasteiger partial charge >= 0.3 is 0 Å². The van der Waals surface area contributed by atoms with Crippen molar-refractivity contribution in [2.75, 3.05) is 6.61 Å². The highest BCUT2D eigenvalue weighted by Crippen LogP contribution is 2.29. The van der Waals surface area contributed by atoms with E-state index in [2.05, 4.69) is 39.0 Å². The van der Waals surface area contributed by atoms with E-state index in [-0.39, 0.29) is 6.10 Å². The van der Waals surface area contributed by atoms with Crippen LogP contribution in [-0.4, -0.2) is 17.8 Å². The van der Waals surface area contributed by atoms with Crippen LogP contribution in [-0.2, 0) is 0 Å². The van der Waals surface area contributed by atoms with Crippen LogP contribution in [0.4, 0.5) is 0 Å². The average molecular weight is 262 g/mol. The molecular weight excluding hydrogens is 236 g/mol. The van der Waals surface area contributed by atoms with Gasteiger partial charge in [-0.25, -0.2) is 0 Å². The second kappa shape index (κ2) is 6.42. The van der Waals surface area contributed by atoms with Crippen molar-refractivity contribution in [3.63, 3.8) is 0 Å². The monoisotopic (exact) mass is 262 g/mol. The summed E-state index contributed by atoms with van der Waals surface area (Å²) in [5.41, 5.74) is 2.69. The van der Waals surface area contributed by atoms with Gasteiger partial charge in [0.25, 0.3) is 0 Å². The van der Waals surface area contributed by atoms with Gasteiger partial charge in [0.2, 0.25) is 0 Å². The number of hydrogen-bond donors (Lipinski definition) is 1. The van der Waals surface area contributed by atoms with E-state index in [1.807, 2.05) is 0 Å². The summed E-state index contributed by atoms with van der Waals surface area (Å²) in [6.07, 6.45) is 4.14. The molecule has 106 valence electrons. The van der Waals surface area contributed by atoms with Crippen molar-refractivity contribution in [2.24, 2.45) is 5.92 Å². The van der Waals surface area contributed by atoms with Gasteiger partial charge in [-0.05, 0) is 61.3 Å². The highest BCUT2D eigenvalue weighted by atomic mass is 16.5. The zero-order valence-corrected chi connectivity index (χ0v) is 12.4. The lowest BCUT2D eigenvalue weighted by molar-refractivity contribution is 0.117. The Balaban J connectivity index is 1.84. The van der Waals surface area contributed by atoms with Crippen LogP contribution in [0, 0.1) is 12.8 Å². The smallest absolute Gasteiger partial charge is 0.119 e. The van der Waals surface area contributed by atoms with E-state index in [1.54, 1.807) is 0 Å². The highest BCUT2D eigenvalue weighted by molar-refractivity contribution is 5.36. The number of ether oxygens (including phenoxy) is 1. The topological polar surface area (TPSA) is 29.5 Å². The lowest BCUT2D eigenvalue weighted by Gasteiger charge is -2.16. The SMILES string of the molecule is Cc1cc(OCCC2CCCC2O)ccc1C(C)C. The summed E-state index contributed by atoms with van der Waals surface area (Å²) >= 11 is 0. The van der Waals surface area contributed by atoms with Crippen LogP contribution in [0.15, 0.2) is 18.2 Å². The second-order valence-electron chi connectivity index (χ2n) is 6.07. The van der Waals surface area contributed by atoms with Crippen molar-refractivity contribution in [2.45, 2.75) is 58.5 Å². The quantitative estimate of drug-likeness (QED) is 0.867. The van der Waals surface area contributed by atoms with E-state index in [0.717, 1.165) is 31.4 Å². The third-order valence-electron chi connectivity index (χ3n) is 4.24. The maximum Gasteiger partial charge on any atom is 0.119 e. The molecule has 0 aliphatic heterocycles. The van der Waals surface area contributed by atoms with Gasteiger partial charge < -0.3 is 9.84 Å². The minimum Gasteiger partial charge on any atom is -0.494 e. The maximum atomic E-state index is 9.77. The summed E-state index contributed by atoms with van der Waals surface area (Å²) in [6.45, 7) is 7.28. The highest BCUT2D eigenvalue weighted by Gasteiger charge is 2.24. The van der Waals surface area contributed by atoms with Gasteiger partial charge in [0, 0.05) is 0 Å². The number of benzene rings is 1. The Labute approximate surface area is 116 Å². The van der Waals surface area contributed by atoms with Gasteiger partial charge in [0.05, 0.1) is 12.7 Å². The molecule has 0 radical (unpaired) electrons. The summed E-state index contributed by atoms with van der Waals surface area (Å²) in [5.74, 6) is 1.95. The molecule has 1 aliphatic rings. The summed E-state index contributed by atoms with van der Waals surface area (Å²) in [4.78, 5) is 0. The third kappa shape index (κ3) is 3.73. The van der Waals surface area contributed by atoms with Gasteiger partial charge in [-0.3, -0.25) is 0 Å². The minimum absolute atomic E-state index is 0.103. The van der Waals surface area contributed by atoms with Crippen LogP contribution < -0.4 is 4.74 Å². The first kappa shape index (κ1) is 14.4. The first-order valence-electron chi connectivity index (χ1n) is 7.49. The van der Waals surface area contributed by atoms with E-state index in [0.29, 0.717) is 18.4 Å². The first-order chi connectivity index (χ1) is 9.08. The van der Waals surface area contributed by atoms with Crippen LogP contribution in [0.25, 0.3) is 0 Å². The van der Waals surface area contributed by atoms with E-state index < -0.39 is 0 Å². The van der Waals surface area contributed by atoms with Crippen molar-refractivity contribution < 1.29 is 9.84 Å². The van der Waals surface area contributed by atoms with Crippen molar-refractivity contribution in [1.82, 2.24) is 0 Å². The van der Waals surface area contributed by atoms with E-state index in [9.17, 15) is 5.11 Å². The summed E-state index contributed by atoms with van der Waals surface area (Å²) < 4.78 is 5.82. The van der Waals surface area contributed by atoms with E-state index in [1.165, 1.54) is 11.1 Å². The predicted octanol–water partition coefficient (Wildman–Crippen LogP) is 4.05. The molecule has 0 saturated heterocycles. The van der Waals surface area contributed by atoms with Crippen molar-refractivity contribution in [3.05, 3.63) is 29.3 Å². The maximum absolute atomic E-state index is 9.77. The van der Waals surface area contributed by atoms with Crippen LogP contribution in [0.5, 0.6) is 5.75 Å². The number of aryl methyl sites for hydroxylation is 1. The van der Waals surface area contributed by atoms with Crippen molar-refractivity contribution in [3.8, 4) is 5.75 Å². The summed E-state index contributed by atoms with van der Waals surface area (Å²) in [6, 6.07) is 6.35. The number of rotatable bonds is 5. The fraction of sp³-hybridized carbons (Fsp3) is 0.647. The molecule has 0 aromatic heterocycles. The minimum atomic E-state index is -0.103. The van der Waals surface area contributed by atoms with Crippen molar-refractivity contribution in [1.29, 1.82) is 0 Å². The van der Waals surface area contributed by atoms with Gasteiger partial charge in [0.1, 0.15) is 5.75 Å². The second-order valence-corrected chi connectivity index (χ2v) is 6.07. The molecule has 2 heteroatoms. The molecule has 0 bridgehead atoms. The summed E-state index contributed by atoms with van der Waals surface area (Å²) in [5, 5.41) is 9.77. The fourth-order valence-corrected chi connectivity index (χ4v) is 3.07. The molecule has 0 amide bonds. The Hall–Kier alpha value is -1.02. The molecule has 2 unspecified atom stereocenters. The van der Waals surface area contributed by atoms with Crippen LogP contribution in [0.3, 0.4) is 0 Å². The zero-order chi connectivity index (χ0) is 13.8. The normalized spacial score (nSPS) is 23.0. The number of aliphatic hydroxyl groups excluding tert-OH is 1. The molecule has 1 aromatic carbocycles. The fourth-order valence-electron chi connectivity index (χ4n) is 3.07. The van der Waals surface area contributed by atoms with Gasteiger partial charge in [-0.15, -0.1) is 0 Å². The molecule has 2 nitrogen and oxygen atoms in total. The Morgan fingerprint density at radius 1 is 1.32 bits per heavy atom. The number of aliphatic hydroxyl groups is 1. The molecule has 1 aliphatic carbocycles. The van der Waals surface area contributed by atoms with Gasteiger partial charge in [0.15, 0.2) is 0 Å². The lowest BCUT2D eigenvalue weighted by Crippen LogP contribution is -2.16.